The predicted octanol–water partition coefficient (Wildman–Crippen LogP) is 3.19. The zero-order valence-corrected chi connectivity index (χ0v) is 13.6. The van der Waals surface area contributed by atoms with Gasteiger partial charge in [-0.25, -0.2) is 0 Å². The highest BCUT2D eigenvalue weighted by atomic mass is 16.5. The summed E-state index contributed by atoms with van der Waals surface area (Å²) in [6, 6.07) is 7.39. The monoisotopic (exact) mass is 303 g/mol. The second-order valence-electron chi connectivity index (χ2n) is 5.18. The average molecular weight is 303 g/mol. The highest BCUT2D eigenvalue weighted by molar-refractivity contribution is 5.95. The van der Waals surface area contributed by atoms with Gasteiger partial charge in [0.05, 0.1) is 19.8 Å². The minimum Gasteiger partial charge on any atom is -0.493 e. The predicted molar refractivity (Wildman–Crippen MR) is 83.5 cm³/mol. The van der Waals surface area contributed by atoms with Crippen LogP contribution in [0.5, 0.6) is 11.5 Å². The van der Waals surface area contributed by atoms with Crippen LogP contribution in [0, 0.1) is 13.8 Å². The van der Waals surface area contributed by atoms with Crippen LogP contribution in [0.4, 0.5) is 0 Å². The van der Waals surface area contributed by atoms with E-state index in [4.69, 9.17) is 13.9 Å². The number of furan rings is 1. The van der Waals surface area contributed by atoms with Crippen molar-refractivity contribution in [2.75, 3.05) is 21.3 Å². The first-order valence-electron chi connectivity index (χ1n) is 6.99. The summed E-state index contributed by atoms with van der Waals surface area (Å²) in [4.78, 5) is 14.1. The van der Waals surface area contributed by atoms with Crippen molar-refractivity contribution in [3.05, 3.63) is 46.9 Å². The Labute approximate surface area is 130 Å². The summed E-state index contributed by atoms with van der Waals surface area (Å²) in [5.74, 6) is 2.63. The van der Waals surface area contributed by atoms with Crippen LogP contribution in [0.2, 0.25) is 0 Å². The Kier molecular flexibility index (Phi) is 4.75. The quantitative estimate of drug-likeness (QED) is 0.851. The third-order valence-corrected chi connectivity index (χ3v) is 3.49. The topological polar surface area (TPSA) is 51.9 Å². The van der Waals surface area contributed by atoms with Crippen molar-refractivity contribution in [1.29, 1.82) is 0 Å². The van der Waals surface area contributed by atoms with Gasteiger partial charge in [0.2, 0.25) is 0 Å². The van der Waals surface area contributed by atoms with E-state index in [0.29, 0.717) is 29.4 Å². The van der Waals surface area contributed by atoms with Gasteiger partial charge < -0.3 is 18.8 Å². The van der Waals surface area contributed by atoms with Gasteiger partial charge in [0, 0.05) is 13.6 Å². The number of hydrogen-bond acceptors (Lipinski definition) is 4. The number of nitrogens with zero attached hydrogens (tertiary/aromatic N) is 1. The summed E-state index contributed by atoms with van der Waals surface area (Å²) in [6.07, 6.45) is 0. The van der Waals surface area contributed by atoms with Gasteiger partial charge in [-0.2, -0.15) is 0 Å². The SMILES string of the molecule is COc1ccc(CN(C)C(=O)c2cc(C)oc2C)cc1OC. The van der Waals surface area contributed by atoms with Gasteiger partial charge in [0.1, 0.15) is 11.5 Å². The molecule has 0 aliphatic heterocycles. The number of carbonyl (C=O) groups is 1. The Morgan fingerprint density at radius 1 is 1.14 bits per heavy atom. The number of ether oxygens (including phenoxy) is 2. The summed E-state index contributed by atoms with van der Waals surface area (Å²) in [5.41, 5.74) is 1.56. The van der Waals surface area contributed by atoms with Gasteiger partial charge in [-0.15, -0.1) is 0 Å². The first kappa shape index (κ1) is 15.9. The summed E-state index contributed by atoms with van der Waals surface area (Å²) in [5, 5.41) is 0. The maximum Gasteiger partial charge on any atom is 0.257 e. The number of benzene rings is 1. The standard InChI is InChI=1S/C17H21NO4/c1-11-8-14(12(2)22-11)17(19)18(3)10-13-6-7-15(20-4)16(9-13)21-5/h6-9H,10H2,1-5H3. The van der Waals surface area contributed by atoms with Crippen LogP contribution in [0.1, 0.15) is 27.4 Å². The maximum atomic E-state index is 12.5. The Morgan fingerprint density at radius 3 is 2.36 bits per heavy atom. The molecule has 5 nitrogen and oxygen atoms in total. The Balaban J connectivity index is 2.16. The van der Waals surface area contributed by atoms with E-state index in [0.717, 1.165) is 11.3 Å². The zero-order chi connectivity index (χ0) is 16.3. The Morgan fingerprint density at radius 2 is 1.82 bits per heavy atom. The van der Waals surface area contributed by atoms with Crippen LogP contribution in [0.25, 0.3) is 0 Å². The smallest absolute Gasteiger partial charge is 0.257 e. The third kappa shape index (κ3) is 3.24. The van der Waals surface area contributed by atoms with E-state index in [1.165, 1.54) is 0 Å². The molecule has 0 unspecified atom stereocenters. The molecule has 0 radical (unpaired) electrons. The second-order valence-corrected chi connectivity index (χ2v) is 5.18. The van der Waals surface area contributed by atoms with Crippen LogP contribution in [0.15, 0.2) is 28.7 Å². The average Bonchev–Trinajstić information content (AvgIpc) is 2.84. The highest BCUT2D eigenvalue weighted by Crippen LogP contribution is 2.28. The molecule has 0 spiro atoms. The van der Waals surface area contributed by atoms with Crippen molar-refractivity contribution >= 4 is 5.91 Å². The maximum absolute atomic E-state index is 12.5. The van der Waals surface area contributed by atoms with Crippen LogP contribution in [-0.2, 0) is 6.54 Å². The van der Waals surface area contributed by atoms with Crippen LogP contribution < -0.4 is 9.47 Å². The second kappa shape index (κ2) is 6.56. The van der Waals surface area contributed by atoms with E-state index in [1.54, 1.807) is 39.2 Å². The molecule has 0 atom stereocenters. The highest BCUT2D eigenvalue weighted by Gasteiger charge is 2.18. The summed E-state index contributed by atoms with van der Waals surface area (Å²) in [6.45, 7) is 4.10. The number of aryl methyl sites for hydroxylation is 2. The Bertz CT molecular complexity index is 675. The van der Waals surface area contributed by atoms with Gasteiger partial charge in [-0.1, -0.05) is 6.07 Å². The van der Waals surface area contributed by atoms with Gasteiger partial charge >= 0.3 is 0 Å². The number of amides is 1. The van der Waals surface area contributed by atoms with E-state index in [-0.39, 0.29) is 5.91 Å². The number of hydrogen-bond donors (Lipinski definition) is 0. The summed E-state index contributed by atoms with van der Waals surface area (Å²) >= 11 is 0. The van der Waals surface area contributed by atoms with Crippen LogP contribution in [0.3, 0.4) is 0 Å². The number of carbonyl (C=O) groups excluding carboxylic acids is 1. The van der Waals surface area contributed by atoms with E-state index in [9.17, 15) is 4.79 Å². The lowest BCUT2D eigenvalue weighted by atomic mass is 10.1. The summed E-state index contributed by atoms with van der Waals surface area (Å²) in [7, 11) is 4.95. The third-order valence-electron chi connectivity index (χ3n) is 3.49. The van der Waals surface area contributed by atoms with E-state index in [1.807, 2.05) is 25.1 Å². The van der Waals surface area contributed by atoms with Crippen molar-refractivity contribution in [2.24, 2.45) is 0 Å². The summed E-state index contributed by atoms with van der Waals surface area (Å²) < 4.78 is 15.9. The molecule has 0 N–H and O–H groups in total. The van der Waals surface area contributed by atoms with Crippen molar-refractivity contribution in [3.8, 4) is 11.5 Å². The minimum atomic E-state index is -0.0656. The number of rotatable bonds is 5. The van der Waals surface area contributed by atoms with Crippen molar-refractivity contribution in [3.63, 3.8) is 0 Å². The molecule has 0 bridgehead atoms. The van der Waals surface area contributed by atoms with Gasteiger partial charge in [0.25, 0.3) is 5.91 Å². The van der Waals surface area contributed by atoms with Crippen LogP contribution in [-0.4, -0.2) is 32.1 Å². The van der Waals surface area contributed by atoms with Crippen molar-refractivity contribution in [1.82, 2.24) is 4.90 Å². The fourth-order valence-corrected chi connectivity index (χ4v) is 2.37. The molecule has 1 heterocycles. The van der Waals surface area contributed by atoms with Gasteiger partial charge in [-0.3, -0.25) is 4.79 Å². The fourth-order valence-electron chi connectivity index (χ4n) is 2.37. The molecule has 1 amide bonds. The molecule has 0 aliphatic carbocycles. The number of methoxy groups -OCH3 is 2. The van der Waals surface area contributed by atoms with Gasteiger partial charge in [-0.05, 0) is 37.6 Å². The van der Waals surface area contributed by atoms with Crippen molar-refractivity contribution in [2.45, 2.75) is 20.4 Å². The molecule has 2 aromatic rings. The Hall–Kier alpha value is -2.43. The molecule has 118 valence electrons. The molecule has 22 heavy (non-hydrogen) atoms. The molecule has 0 saturated heterocycles. The van der Waals surface area contributed by atoms with Crippen LogP contribution >= 0.6 is 0 Å². The first-order chi connectivity index (χ1) is 10.5. The molecule has 0 aliphatic rings. The molecule has 2 rings (SSSR count). The molecular formula is C17H21NO4. The molecule has 1 aromatic carbocycles. The minimum absolute atomic E-state index is 0.0656. The van der Waals surface area contributed by atoms with E-state index < -0.39 is 0 Å². The molecular weight excluding hydrogens is 282 g/mol. The zero-order valence-electron chi connectivity index (χ0n) is 13.6. The van der Waals surface area contributed by atoms with Gasteiger partial charge in [0.15, 0.2) is 11.5 Å². The lowest BCUT2D eigenvalue weighted by Gasteiger charge is -2.18. The molecule has 1 aromatic heterocycles. The molecule has 0 fully saturated rings. The normalized spacial score (nSPS) is 10.4. The first-order valence-corrected chi connectivity index (χ1v) is 6.99. The molecule has 5 heteroatoms. The lowest BCUT2D eigenvalue weighted by Crippen LogP contribution is -2.26. The van der Waals surface area contributed by atoms with E-state index >= 15 is 0 Å². The van der Waals surface area contributed by atoms with Crippen molar-refractivity contribution < 1.29 is 18.7 Å². The molecule has 0 saturated carbocycles. The fraction of sp³-hybridized carbons (Fsp3) is 0.353. The largest absolute Gasteiger partial charge is 0.493 e. The van der Waals surface area contributed by atoms with E-state index in [2.05, 4.69) is 0 Å². The lowest BCUT2D eigenvalue weighted by molar-refractivity contribution is 0.0783.